The van der Waals surface area contributed by atoms with Crippen molar-refractivity contribution in [3.8, 4) is 5.75 Å². The molecule has 1 aliphatic rings. The lowest BCUT2D eigenvalue weighted by atomic mass is 9.87. The molecule has 0 atom stereocenters. The average molecular weight is 313 g/mol. The Morgan fingerprint density at radius 2 is 2.00 bits per heavy atom. The van der Waals surface area contributed by atoms with Gasteiger partial charge in [-0.15, -0.1) is 0 Å². The van der Waals surface area contributed by atoms with E-state index in [4.69, 9.17) is 9.84 Å². The zero-order chi connectivity index (χ0) is 13.1. The van der Waals surface area contributed by atoms with E-state index >= 15 is 0 Å². The van der Waals surface area contributed by atoms with Gasteiger partial charge in [0, 0.05) is 10.0 Å². The van der Waals surface area contributed by atoms with Gasteiger partial charge in [-0.25, -0.2) is 0 Å². The largest absolute Gasteiger partial charge is 0.490 e. The Morgan fingerprint density at radius 3 is 2.61 bits per heavy atom. The van der Waals surface area contributed by atoms with Crippen LogP contribution in [0, 0.1) is 12.8 Å². The second-order valence-electron chi connectivity index (χ2n) is 4.79. The van der Waals surface area contributed by atoms with Crippen molar-refractivity contribution in [2.24, 2.45) is 5.92 Å². The molecule has 1 aliphatic carbocycles. The fourth-order valence-electron chi connectivity index (χ4n) is 2.32. The van der Waals surface area contributed by atoms with Crippen LogP contribution in [0.3, 0.4) is 0 Å². The number of carboxylic acids is 1. The van der Waals surface area contributed by atoms with Crippen LogP contribution in [0.25, 0.3) is 0 Å². The Morgan fingerprint density at radius 1 is 1.33 bits per heavy atom. The van der Waals surface area contributed by atoms with Crippen molar-refractivity contribution < 1.29 is 14.6 Å². The Labute approximate surface area is 115 Å². The minimum atomic E-state index is -0.674. The lowest BCUT2D eigenvalue weighted by molar-refractivity contribution is -0.143. The van der Waals surface area contributed by atoms with Gasteiger partial charge in [0.25, 0.3) is 0 Å². The molecule has 18 heavy (non-hydrogen) atoms. The Balaban J connectivity index is 1.96. The highest BCUT2D eigenvalue weighted by atomic mass is 79.9. The molecule has 4 heteroatoms. The molecule has 3 nitrogen and oxygen atoms in total. The number of benzene rings is 1. The highest BCUT2D eigenvalue weighted by Crippen LogP contribution is 2.31. The van der Waals surface area contributed by atoms with Gasteiger partial charge >= 0.3 is 5.97 Å². The molecule has 0 radical (unpaired) electrons. The zero-order valence-corrected chi connectivity index (χ0v) is 11.9. The summed E-state index contributed by atoms with van der Waals surface area (Å²) < 4.78 is 7.01. The molecule has 0 spiro atoms. The van der Waals surface area contributed by atoms with Crippen LogP contribution >= 0.6 is 15.9 Å². The Bertz CT molecular complexity index is 437. The molecule has 1 N–H and O–H groups in total. The summed E-state index contributed by atoms with van der Waals surface area (Å²) in [5.41, 5.74) is 1.10. The Hall–Kier alpha value is -1.03. The van der Waals surface area contributed by atoms with Gasteiger partial charge in [0.05, 0.1) is 12.0 Å². The summed E-state index contributed by atoms with van der Waals surface area (Å²) in [6, 6.07) is 5.90. The molecule has 0 amide bonds. The van der Waals surface area contributed by atoms with Gasteiger partial charge < -0.3 is 9.84 Å². The molecule has 0 aliphatic heterocycles. The third-order valence-electron chi connectivity index (χ3n) is 3.54. The van der Waals surface area contributed by atoms with Crippen molar-refractivity contribution >= 4 is 21.9 Å². The van der Waals surface area contributed by atoms with Crippen LogP contribution in [0.1, 0.15) is 31.2 Å². The topological polar surface area (TPSA) is 46.5 Å². The van der Waals surface area contributed by atoms with Crippen molar-refractivity contribution in [3.63, 3.8) is 0 Å². The summed E-state index contributed by atoms with van der Waals surface area (Å²) in [7, 11) is 0. The number of ether oxygens (including phenoxy) is 1. The van der Waals surface area contributed by atoms with E-state index in [1.165, 1.54) is 0 Å². The molecule has 98 valence electrons. The minimum absolute atomic E-state index is 0.147. The van der Waals surface area contributed by atoms with E-state index in [0.29, 0.717) is 12.8 Å². The number of carbonyl (C=O) groups is 1. The minimum Gasteiger partial charge on any atom is -0.490 e. The number of carboxylic acid groups (broad SMARTS) is 1. The maximum Gasteiger partial charge on any atom is 0.306 e. The summed E-state index contributed by atoms with van der Waals surface area (Å²) in [6.07, 6.45) is 3.22. The summed E-state index contributed by atoms with van der Waals surface area (Å²) >= 11 is 3.48. The van der Waals surface area contributed by atoms with E-state index in [-0.39, 0.29) is 12.0 Å². The summed E-state index contributed by atoms with van der Waals surface area (Å²) in [5.74, 6) is 0.0312. The van der Waals surface area contributed by atoms with E-state index < -0.39 is 5.97 Å². The van der Waals surface area contributed by atoms with Crippen molar-refractivity contribution in [1.82, 2.24) is 0 Å². The first-order valence-electron chi connectivity index (χ1n) is 6.22. The first-order valence-corrected chi connectivity index (χ1v) is 7.02. The highest BCUT2D eigenvalue weighted by molar-refractivity contribution is 9.10. The summed E-state index contributed by atoms with van der Waals surface area (Å²) in [4.78, 5) is 10.9. The third-order valence-corrected chi connectivity index (χ3v) is 4.39. The van der Waals surface area contributed by atoms with E-state index in [9.17, 15) is 4.79 Å². The van der Waals surface area contributed by atoms with Gasteiger partial charge in [-0.1, -0.05) is 22.0 Å². The van der Waals surface area contributed by atoms with Gasteiger partial charge in [0.1, 0.15) is 5.75 Å². The number of halogens is 1. The van der Waals surface area contributed by atoms with Crippen molar-refractivity contribution in [2.45, 2.75) is 38.7 Å². The van der Waals surface area contributed by atoms with E-state index in [1.54, 1.807) is 0 Å². The van der Waals surface area contributed by atoms with Crippen molar-refractivity contribution in [1.29, 1.82) is 0 Å². The summed E-state index contributed by atoms with van der Waals surface area (Å²) in [6.45, 7) is 2.02. The molecule has 0 unspecified atom stereocenters. The highest BCUT2D eigenvalue weighted by Gasteiger charge is 2.27. The van der Waals surface area contributed by atoms with Crippen LogP contribution < -0.4 is 4.74 Å². The van der Waals surface area contributed by atoms with Gasteiger partial charge in [-0.2, -0.15) is 0 Å². The molecular weight excluding hydrogens is 296 g/mol. The fraction of sp³-hybridized carbons (Fsp3) is 0.500. The number of aliphatic carboxylic acids is 1. The van der Waals surface area contributed by atoms with Crippen LogP contribution in [-0.4, -0.2) is 17.2 Å². The fourth-order valence-corrected chi connectivity index (χ4v) is 2.67. The molecule has 2 rings (SSSR count). The summed E-state index contributed by atoms with van der Waals surface area (Å²) in [5, 5.41) is 8.95. The van der Waals surface area contributed by atoms with Crippen LogP contribution in [0.4, 0.5) is 0 Å². The van der Waals surface area contributed by atoms with Crippen molar-refractivity contribution in [2.75, 3.05) is 0 Å². The molecule has 0 aromatic heterocycles. The molecule has 0 heterocycles. The predicted molar refractivity (Wildman–Crippen MR) is 72.9 cm³/mol. The maximum absolute atomic E-state index is 10.9. The van der Waals surface area contributed by atoms with Crippen LogP contribution in [0.15, 0.2) is 22.7 Å². The molecule has 1 fully saturated rings. The normalized spacial score (nSPS) is 23.7. The lowest BCUT2D eigenvalue weighted by Crippen LogP contribution is -2.28. The standard InChI is InChI=1S/C14H17BrO3/c1-9-12(15)3-2-4-13(9)18-11-7-5-10(6-8-11)14(16)17/h2-4,10-11H,5-8H2,1H3,(H,16,17). The number of rotatable bonds is 3. The molecule has 1 saturated carbocycles. The number of hydrogen-bond acceptors (Lipinski definition) is 2. The van der Waals surface area contributed by atoms with Gasteiger partial charge in [-0.3, -0.25) is 4.79 Å². The van der Waals surface area contributed by atoms with Gasteiger partial charge in [0.2, 0.25) is 0 Å². The maximum atomic E-state index is 10.9. The third kappa shape index (κ3) is 3.05. The van der Waals surface area contributed by atoms with Crippen LogP contribution in [0.5, 0.6) is 5.75 Å². The first-order chi connectivity index (χ1) is 8.58. The second-order valence-corrected chi connectivity index (χ2v) is 5.65. The Kier molecular flexibility index (Phi) is 4.27. The van der Waals surface area contributed by atoms with E-state index in [0.717, 1.165) is 28.6 Å². The average Bonchev–Trinajstić information content (AvgIpc) is 2.36. The predicted octanol–water partition coefficient (Wildman–Crippen LogP) is 3.78. The molecule has 0 bridgehead atoms. The SMILES string of the molecule is Cc1c(Br)cccc1OC1CCC(C(=O)O)CC1. The van der Waals surface area contributed by atoms with Crippen LogP contribution in [-0.2, 0) is 4.79 Å². The van der Waals surface area contributed by atoms with E-state index in [1.807, 2.05) is 25.1 Å². The quantitative estimate of drug-likeness (QED) is 0.924. The van der Waals surface area contributed by atoms with Gasteiger partial charge in [0.15, 0.2) is 0 Å². The lowest BCUT2D eigenvalue weighted by Gasteiger charge is -2.27. The van der Waals surface area contributed by atoms with Crippen LogP contribution in [0.2, 0.25) is 0 Å². The molecule has 1 aromatic rings. The molecular formula is C14H17BrO3. The second kappa shape index (κ2) is 5.74. The molecule has 0 saturated heterocycles. The first kappa shape index (κ1) is 13.4. The zero-order valence-electron chi connectivity index (χ0n) is 10.4. The number of hydrogen-bond donors (Lipinski definition) is 1. The van der Waals surface area contributed by atoms with Gasteiger partial charge in [-0.05, 0) is 44.7 Å². The monoisotopic (exact) mass is 312 g/mol. The molecule has 1 aromatic carbocycles. The smallest absolute Gasteiger partial charge is 0.306 e. The van der Waals surface area contributed by atoms with E-state index in [2.05, 4.69) is 15.9 Å². The van der Waals surface area contributed by atoms with Crippen molar-refractivity contribution in [3.05, 3.63) is 28.2 Å².